The van der Waals surface area contributed by atoms with Gasteiger partial charge < -0.3 is 15.2 Å². The van der Waals surface area contributed by atoms with Crippen LogP contribution in [0, 0.1) is 11.3 Å². The molecule has 1 aliphatic rings. The molecule has 5 rings (SSSR count). The Bertz CT molecular complexity index is 1370. The normalized spacial score (nSPS) is 18.6. The number of anilines is 1. The Morgan fingerprint density at radius 1 is 1.26 bits per heavy atom. The van der Waals surface area contributed by atoms with Gasteiger partial charge in [-0.25, -0.2) is 15.0 Å². The van der Waals surface area contributed by atoms with Crippen molar-refractivity contribution in [3.63, 3.8) is 0 Å². The summed E-state index contributed by atoms with van der Waals surface area (Å²) < 4.78 is 38.4. The zero-order valence-corrected chi connectivity index (χ0v) is 19.2. The molecule has 0 saturated heterocycles. The molecule has 2 atom stereocenters. The van der Waals surface area contributed by atoms with Gasteiger partial charge in [0.2, 0.25) is 0 Å². The first-order valence-electron chi connectivity index (χ1n) is 10.9. The van der Waals surface area contributed by atoms with Gasteiger partial charge in [-0.3, -0.25) is 0 Å². The lowest BCUT2D eigenvalue weighted by Crippen LogP contribution is -2.33. The van der Waals surface area contributed by atoms with Crippen molar-refractivity contribution in [2.24, 2.45) is 0 Å². The maximum Gasteiger partial charge on any atom is 0.395 e. The molecule has 1 aromatic carbocycles. The van der Waals surface area contributed by atoms with Gasteiger partial charge in [0.15, 0.2) is 5.82 Å². The molecule has 0 radical (unpaired) electrons. The van der Waals surface area contributed by atoms with Crippen LogP contribution in [0.25, 0.3) is 21.3 Å². The number of fused-ring (bicyclic) bond motifs is 2. The molecule has 0 spiro atoms. The molecule has 0 aliphatic heterocycles. The first kappa shape index (κ1) is 22.6. The quantitative estimate of drug-likeness (QED) is 0.412. The van der Waals surface area contributed by atoms with E-state index in [1.165, 1.54) is 6.33 Å². The number of aromatic amines is 1. The minimum Gasteiger partial charge on any atom is -0.355 e. The fourth-order valence-corrected chi connectivity index (χ4v) is 5.50. The fourth-order valence-electron chi connectivity index (χ4n) is 4.57. The highest BCUT2D eigenvalue weighted by atomic mass is 32.1. The van der Waals surface area contributed by atoms with Crippen LogP contribution >= 0.6 is 11.3 Å². The van der Waals surface area contributed by atoms with E-state index in [-0.39, 0.29) is 11.0 Å². The average molecular weight is 486 g/mol. The van der Waals surface area contributed by atoms with Gasteiger partial charge in [0.05, 0.1) is 6.42 Å². The summed E-state index contributed by atoms with van der Waals surface area (Å²) in [5, 5.41) is 13.7. The van der Waals surface area contributed by atoms with E-state index < -0.39 is 12.6 Å². The molecule has 1 fully saturated rings. The lowest BCUT2D eigenvalue weighted by molar-refractivity contribution is -0.127. The molecule has 176 valence electrons. The van der Waals surface area contributed by atoms with E-state index in [9.17, 15) is 13.2 Å². The van der Waals surface area contributed by atoms with Gasteiger partial charge in [-0.05, 0) is 43.0 Å². The molecular weight excluding hydrogens is 463 g/mol. The van der Waals surface area contributed by atoms with Crippen LogP contribution in [0.3, 0.4) is 0 Å². The second kappa shape index (κ2) is 8.85. The van der Waals surface area contributed by atoms with Crippen LogP contribution in [0.1, 0.15) is 35.5 Å². The van der Waals surface area contributed by atoms with Crippen molar-refractivity contribution in [1.82, 2.24) is 25.3 Å². The minimum atomic E-state index is -4.30. The molecule has 0 amide bonds. The van der Waals surface area contributed by atoms with Crippen molar-refractivity contribution >= 4 is 38.4 Å². The number of halogens is 3. The predicted octanol–water partition coefficient (Wildman–Crippen LogP) is 4.69. The van der Waals surface area contributed by atoms with Crippen LogP contribution in [-0.4, -0.2) is 45.2 Å². The van der Waals surface area contributed by atoms with E-state index in [2.05, 4.69) is 37.4 Å². The SMILES string of the molecule is CN(c1ncnc2sc(CC(F)(F)F)nc12)[C@@H]1CC[C@H](NCc2ccc3[nH]c(C#N)cc3c2)C1. The van der Waals surface area contributed by atoms with Crippen LogP contribution in [0.4, 0.5) is 19.0 Å². The zero-order valence-electron chi connectivity index (χ0n) is 18.4. The monoisotopic (exact) mass is 485 g/mol. The van der Waals surface area contributed by atoms with Crippen molar-refractivity contribution in [1.29, 1.82) is 5.26 Å². The van der Waals surface area contributed by atoms with E-state index in [1.807, 2.05) is 30.1 Å². The number of H-pyrrole nitrogens is 1. The molecule has 34 heavy (non-hydrogen) atoms. The highest BCUT2D eigenvalue weighted by Crippen LogP contribution is 2.33. The summed E-state index contributed by atoms with van der Waals surface area (Å²) in [4.78, 5) is 18.3. The zero-order chi connectivity index (χ0) is 23.9. The molecule has 2 N–H and O–H groups in total. The predicted molar refractivity (Wildman–Crippen MR) is 125 cm³/mol. The first-order valence-corrected chi connectivity index (χ1v) is 11.8. The van der Waals surface area contributed by atoms with Gasteiger partial charge >= 0.3 is 6.18 Å². The number of hydrogen-bond donors (Lipinski definition) is 2. The van der Waals surface area contributed by atoms with E-state index in [1.54, 1.807) is 0 Å². The average Bonchev–Trinajstić information content (AvgIpc) is 3.52. The van der Waals surface area contributed by atoms with Crippen molar-refractivity contribution in [2.45, 2.75) is 50.5 Å². The van der Waals surface area contributed by atoms with E-state index >= 15 is 0 Å². The third-order valence-electron chi connectivity index (χ3n) is 6.26. The van der Waals surface area contributed by atoms with Gasteiger partial charge in [-0.15, -0.1) is 0 Å². The van der Waals surface area contributed by atoms with Crippen molar-refractivity contribution in [3.05, 3.63) is 46.9 Å². The number of nitrogens with one attached hydrogen (secondary N) is 2. The van der Waals surface area contributed by atoms with Crippen LogP contribution in [-0.2, 0) is 13.0 Å². The summed E-state index contributed by atoms with van der Waals surface area (Å²) in [7, 11) is 1.92. The number of thiazole rings is 1. The molecule has 3 aromatic heterocycles. The minimum absolute atomic E-state index is 0.00453. The topological polar surface area (TPSA) is 93.5 Å². The number of rotatable bonds is 6. The number of alkyl halides is 3. The summed E-state index contributed by atoms with van der Waals surface area (Å²) in [6, 6.07) is 10.6. The van der Waals surface area contributed by atoms with Crippen LogP contribution in [0.2, 0.25) is 0 Å². The number of nitriles is 1. The summed E-state index contributed by atoms with van der Waals surface area (Å²) in [6.45, 7) is 0.717. The van der Waals surface area contributed by atoms with Crippen molar-refractivity contribution < 1.29 is 13.2 Å². The molecule has 3 heterocycles. The molecule has 4 aromatic rings. The Hall–Kier alpha value is -3.23. The van der Waals surface area contributed by atoms with Gasteiger partial charge in [0.1, 0.15) is 33.4 Å². The fraction of sp³-hybridized carbons (Fsp3) is 0.391. The molecule has 1 saturated carbocycles. The highest BCUT2D eigenvalue weighted by Gasteiger charge is 2.32. The smallest absolute Gasteiger partial charge is 0.355 e. The summed E-state index contributed by atoms with van der Waals surface area (Å²) >= 11 is 0.967. The lowest BCUT2D eigenvalue weighted by atomic mass is 10.1. The number of aromatic nitrogens is 4. The standard InChI is InChI=1S/C23H22F3N7S/c1-33(21-20-22(30-12-29-21)34-19(32-20)9-23(24,25)26)17-4-3-15(8-17)28-11-13-2-5-18-14(6-13)7-16(10-27)31-18/h2,5-7,12,15,17,28,31H,3-4,8-9,11H2,1H3/t15-,17+/m0/s1. The van der Waals surface area contributed by atoms with E-state index in [0.29, 0.717) is 27.9 Å². The third-order valence-corrected chi connectivity index (χ3v) is 7.22. The van der Waals surface area contributed by atoms with Crippen LogP contribution in [0.15, 0.2) is 30.6 Å². The molecule has 7 nitrogen and oxygen atoms in total. The second-order valence-electron chi connectivity index (χ2n) is 8.62. The Balaban J connectivity index is 1.24. The molecule has 11 heteroatoms. The number of benzene rings is 1. The van der Waals surface area contributed by atoms with Gasteiger partial charge in [-0.1, -0.05) is 17.4 Å². The Morgan fingerprint density at radius 3 is 2.91 bits per heavy atom. The summed E-state index contributed by atoms with van der Waals surface area (Å²) in [5.74, 6) is 0.575. The van der Waals surface area contributed by atoms with Crippen molar-refractivity contribution in [3.8, 4) is 6.07 Å². The maximum atomic E-state index is 12.8. The van der Waals surface area contributed by atoms with Crippen LogP contribution in [0.5, 0.6) is 0 Å². The molecule has 0 unspecified atom stereocenters. The number of hydrogen-bond acceptors (Lipinski definition) is 7. The maximum absolute atomic E-state index is 12.8. The molecule has 0 bridgehead atoms. The highest BCUT2D eigenvalue weighted by molar-refractivity contribution is 7.18. The van der Waals surface area contributed by atoms with Crippen molar-refractivity contribution in [2.75, 3.05) is 11.9 Å². The van der Waals surface area contributed by atoms with E-state index in [0.717, 1.165) is 53.6 Å². The van der Waals surface area contributed by atoms with Crippen LogP contribution < -0.4 is 10.2 Å². The van der Waals surface area contributed by atoms with Gasteiger partial charge in [0, 0.05) is 36.6 Å². The first-order chi connectivity index (χ1) is 16.3. The second-order valence-corrected chi connectivity index (χ2v) is 9.68. The summed E-state index contributed by atoms with van der Waals surface area (Å²) in [6.07, 6.45) is -1.14. The lowest BCUT2D eigenvalue weighted by Gasteiger charge is -2.26. The molecular formula is C23H22F3N7S. The van der Waals surface area contributed by atoms with Gasteiger partial charge in [-0.2, -0.15) is 18.4 Å². The largest absolute Gasteiger partial charge is 0.395 e. The Morgan fingerprint density at radius 2 is 2.12 bits per heavy atom. The Kier molecular flexibility index (Phi) is 5.87. The van der Waals surface area contributed by atoms with E-state index in [4.69, 9.17) is 5.26 Å². The van der Waals surface area contributed by atoms with Gasteiger partial charge in [0.25, 0.3) is 0 Å². The Labute approximate surface area is 197 Å². The molecule has 1 aliphatic carbocycles. The summed E-state index contributed by atoms with van der Waals surface area (Å²) in [5.41, 5.74) is 3.07. The number of nitrogens with zero attached hydrogens (tertiary/aromatic N) is 5. The third kappa shape index (κ3) is 4.69.